The van der Waals surface area contributed by atoms with Crippen molar-refractivity contribution >= 4 is 0 Å². The van der Waals surface area contributed by atoms with E-state index in [0.717, 1.165) is 12.0 Å². The lowest BCUT2D eigenvalue weighted by atomic mass is 9.91. The Morgan fingerprint density at radius 2 is 2.36 bits per heavy atom. The summed E-state index contributed by atoms with van der Waals surface area (Å²) in [7, 11) is 1.61. The van der Waals surface area contributed by atoms with Gasteiger partial charge in [0, 0.05) is 25.1 Å². The molecule has 0 amide bonds. The zero-order chi connectivity index (χ0) is 10.6. The molecular weight excluding hydrogens is 178 g/mol. The molecule has 0 aromatic carbocycles. The molecule has 0 fully saturated rings. The minimum atomic E-state index is -0.633. The molecule has 0 bridgehead atoms. The maximum Gasteiger partial charge on any atom is 0.109 e. The second kappa shape index (κ2) is 4.53. The Kier molecular flexibility index (Phi) is 3.61. The number of methoxy groups -OCH3 is 1. The van der Waals surface area contributed by atoms with Crippen molar-refractivity contribution in [2.45, 2.75) is 32.0 Å². The summed E-state index contributed by atoms with van der Waals surface area (Å²) in [5.41, 5.74) is 0.252. The first-order valence-corrected chi connectivity index (χ1v) is 4.77. The van der Waals surface area contributed by atoms with Crippen LogP contribution in [0.5, 0.6) is 0 Å². The van der Waals surface area contributed by atoms with E-state index in [1.165, 1.54) is 0 Å². The standard InChI is InChI=1S/C11H17NO2/c1-4-11(2,14-3)10(13)9-6-5-7-12-8-9/h5-8,10,13H,4H2,1-3H3. The van der Waals surface area contributed by atoms with Crippen LogP contribution in [0.3, 0.4) is 0 Å². The third-order valence-electron chi connectivity index (χ3n) is 2.75. The molecule has 0 saturated heterocycles. The average molecular weight is 195 g/mol. The van der Waals surface area contributed by atoms with Gasteiger partial charge < -0.3 is 9.84 Å². The number of rotatable bonds is 4. The van der Waals surface area contributed by atoms with E-state index in [4.69, 9.17) is 4.74 Å². The van der Waals surface area contributed by atoms with Gasteiger partial charge in [-0.3, -0.25) is 4.98 Å². The van der Waals surface area contributed by atoms with E-state index in [0.29, 0.717) is 0 Å². The van der Waals surface area contributed by atoms with Crippen LogP contribution in [0, 0.1) is 0 Å². The minimum absolute atomic E-state index is 0.539. The second-order valence-corrected chi connectivity index (χ2v) is 3.56. The van der Waals surface area contributed by atoms with E-state index in [9.17, 15) is 5.11 Å². The van der Waals surface area contributed by atoms with Gasteiger partial charge in [0.05, 0.1) is 5.60 Å². The summed E-state index contributed by atoms with van der Waals surface area (Å²) < 4.78 is 5.33. The fraction of sp³-hybridized carbons (Fsp3) is 0.545. The van der Waals surface area contributed by atoms with Crippen LogP contribution in [0.1, 0.15) is 31.9 Å². The van der Waals surface area contributed by atoms with Gasteiger partial charge in [0.2, 0.25) is 0 Å². The third-order valence-corrected chi connectivity index (χ3v) is 2.75. The van der Waals surface area contributed by atoms with Gasteiger partial charge in [0.15, 0.2) is 0 Å². The highest BCUT2D eigenvalue weighted by Crippen LogP contribution is 2.30. The zero-order valence-corrected chi connectivity index (χ0v) is 8.90. The van der Waals surface area contributed by atoms with E-state index in [-0.39, 0.29) is 0 Å². The lowest BCUT2D eigenvalue weighted by Crippen LogP contribution is -2.34. The molecule has 0 spiro atoms. The molecule has 1 heterocycles. The Balaban J connectivity index is 2.89. The fourth-order valence-electron chi connectivity index (χ4n) is 1.34. The molecule has 1 aromatic rings. The smallest absolute Gasteiger partial charge is 0.109 e. The Labute approximate surface area is 84.7 Å². The van der Waals surface area contributed by atoms with Crippen molar-refractivity contribution in [1.82, 2.24) is 4.98 Å². The fourth-order valence-corrected chi connectivity index (χ4v) is 1.34. The number of hydrogen-bond acceptors (Lipinski definition) is 3. The molecule has 2 atom stereocenters. The van der Waals surface area contributed by atoms with E-state index in [1.807, 2.05) is 26.0 Å². The Hall–Kier alpha value is -0.930. The van der Waals surface area contributed by atoms with Crippen molar-refractivity contribution in [3.63, 3.8) is 0 Å². The topological polar surface area (TPSA) is 42.4 Å². The van der Waals surface area contributed by atoms with Crippen LogP contribution in [-0.2, 0) is 4.74 Å². The summed E-state index contributed by atoms with van der Waals surface area (Å²) in [6, 6.07) is 3.66. The maximum atomic E-state index is 10.1. The molecular formula is C11H17NO2. The lowest BCUT2D eigenvalue weighted by Gasteiger charge is -2.32. The highest BCUT2D eigenvalue weighted by atomic mass is 16.5. The lowest BCUT2D eigenvalue weighted by molar-refractivity contribution is -0.0945. The predicted octanol–water partition coefficient (Wildman–Crippen LogP) is 1.93. The SMILES string of the molecule is CCC(C)(OC)C(O)c1cccnc1. The van der Waals surface area contributed by atoms with Gasteiger partial charge in [-0.15, -0.1) is 0 Å². The van der Waals surface area contributed by atoms with Crippen LogP contribution in [-0.4, -0.2) is 22.8 Å². The second-order valence-electron chi connectivity index (χ2n) is 3.56. The number of aliphatic hydroxyl groups is 1. The molecule has 0 aliphatic carbocycles. The maximum absolute atomic E-state index is 10.1. The van der Waals surface area contributed by atoms with Crippen molar-refractivity contribution in [3.05, 3.63) is 30.1 Å². The number of hydrogen-bond donors (Lipinski definition) is 1. The van der Waals surface area contributed by atoms with Gasteiger partial charge in [-0.05, 0) is 19.4 Å². The molecule has 0 aliphatic heterocycles. The van der Waals surface area contributed by atoms with Crippen molar-refractivity contribution in [2.24, 2.45) is 0 Å². The largest absolute Gasteiger partial charge is 0.385 e. The average Bonchev–Trinajstić information content (AvgIpc) is 2.28. The van der Waals surface area contributed by atoms with Crippen LogP contribution in [0.25, 0.3) is 0 Å². The Bertz CT molecular complexity index is 270. The highest BCUT2D eigenvalue weighted by molar-refractivity contribution is 5.15. The van der Waals surface area contributed by atoms with Crippen LogP contribution >= 0.6 is 0 Å². The summed E-state index contributed by atoms with van der Waals surface area (Å²) in [4.78, 5) is 3.97. The minimum Gasteiger partial charge on any atom is -0.385 e. The highest BCUT2D eigenvalue weighted by Gasteiger charge is 2.32. The van der Waals surface area contributed by atoms with E-state index in [1.54, 1.807) is 19.5 Å². The number of ether oxygens (including phenoxy) is 1. The molecule has 2 unspecified atom stereocenters. The molecule has 14 heavy (non-hydrogen) atoms. The van der Waals surface area contributed by atoms with Crippen LogP contribution in [0.15, 0.2) is 24.5 Å². The summed E-state index contributed by atoms with van der Waals surface area (Å²) >= 11 is 0. The molecule has 3 nitrogen and oxygen atoms in total. The quantitative estimate of drug-likeness (QED) is 0.798. The zero-order valence-electron chi connectivity index (χ0n) is 8.90. The number of aromatic nitrogens is 1. The van der Waals surface area contributed by atoms with Crippen molar-refractivity contribution in [1.29, 1.82) is 0 Å². The molecule has 1 rings (SSSR count). The Morgan fingerprint density at radius 3 is 2.79 bits per heavy atom. The van der Waals surface area contributed by atoms with Crippen LogP contribution in [0.2, 0.25) is 0 Å². The first-order chi connectivity index (χ1) is 6.64. The summed E-state index contributed by atoms with van der Waals surface area (Å²) in [6.07, 6.45) is 3.47. The number of nitrogens with zero attached hydrogens (tertiary/aromatic N) is 1. The van der Waals surface area contributed by atoms with Gasteiger partial charge in [-0.25, -0.2) is 0 Å². The van der Waals surface area contributed by atoms with E-state index in [2.05, 4.69) is 4.98 Å². The monoisotopic (exact) mass is 195 g/mol. The number of pyridine rings is 1. The van der Waals surface area contributed by atoms with Gasteiger partial charge in [-0.2, -0.15) is 0 Å². The van der Waals surface area contributed by atoms with Crippen LogP contribution in [0.4, 0.5) is 0 Å². The molecule has 1 aromatic heterocycles. The predicted molar refractivity (Wildman–Crippen MR) is 54.9 cm³/mol. The summed E-state index contributed by atoms with van der Waals surface area (Å²) in [5.74, 6) is 0. The summed E-state index contributed by atoms with van der Waals surface area (Å²) in [6.45, 7) is 3.88. The molecule has 78 valence electrons. The molecule has 0 radical (unpaired) electrons. The van der Waals surface area contributed by atoms with Crippen molar-refractivity contribution in [3.8, 4) is 0 Å². The van der Waals surface area contributed by atoms with E-state index >= 15 is 0 Å². The van der Waals surface area contributed by atoms with Gasteiger partial charge >= 0.3 is 0 Å². The van der Waals surface area contributed by atoms with E-state index < -0.39 is 11.7 Å². The molecule has 3 heteroatoms. The molecule has 1 N–H and O–H groups in total. The molecule has 0 saturated carbocycles. The first kappa shape index (κ1) is 11.1. The van der Waals surface area contributed by atoms with Crippen molar-refractivity contribution in [2.75, 3.05) is 7.11 Å². The first-order valence-electron chi connectivity index (χ1n) is 4.77. The third kappa shape index (κ3) is 2.11. The Morgan fingerprint density at radius 1 is 1.64 bits per heavy atom. The van der Waals surface area contributed by atoms with Crippen molar-refractivity contribution < 1.29 is 9.84 Å². The van der Waals surface area contributed by atoms with Crippen LogP contribution < -0.4 is 0 Å². The van der Waals surface area contributed by atoms with Gasteiger partial charge in [0.25, 0.3) is 0 Å². The summed E-state index contributed by atoms with van der Waals surface area (Å²) in [5, 5.41) is 10.1. The normalized spacial score (nSPS) is 17.4. The van der Waals surface area contributed by atoms with Gasteiger partial charge in [0.1, 0.15) is 6.10 Å². The number of aliphatic hydroxyl groups excluding tert-OH is 1. The van der Waals surface area contributed by atoms with Gasteiger partial charge in [-0.1, -0.05) is 13.0 Å². The molecule has 0 aliphatic rings.